The molecule has 0 aromatic carbocycles. The van der Waals surface area contributed by atoms with Crippen molar-refractivity contribution in [2.45, 2.75) is 50.7 Å². The van der Waals surface area contributed by atoms with Crippen molar-refractivity contribution in [3.8, 4) is 6.07 Å². The third-order valence-electron chi connectivity index (χ3n) is 3.58. The molecule has 15 heavy (non-hydrogen) atoms. The van der Waals surface area contributed by atoms with Gasteiger partial charge in [0.15, 0.2) is 0 Å². The molecule has 84 valence electrons. The highest BCUT2D eigenvalue weighted by atomic mass is 16.5. The van der Waals surface area contributed by atoms with Crippen LogP contribution < -0.4 is 0 Å². The third kappa shape index (κ3) is 2.70. The Bertz CT molecular complexity index is 236. The van der Waals surface area contributed by atoms with Crippen LogP contribution in [-0.4, -0.2) is 36.7 Å². The molecule has 0 spiro atoms. The summed E-state index contributed by atoms with van der Waals surface area (Å²) in [6, 6.07) is 2.89. The number of morpholine rings is 1. The maximum Gasteiger partial charge on any atom is 0.0730 e. The Morgan fingerprint density at radius 2 is 2.27 bits per heavy atom. The number of rotatable bonds is 4. The minimum atomic E-state index is 0.509. The first kappa shape index (κ1) is 10.9. The van der Waals surface area contributed by atoms with Gasteiger partial charge < -0.3 is 4.74 Å². The molecule has 1 saturated carbocycles. The molecule has 1 saturated heterocycles. The molecule has 2 atom stereocenters. The van der Waals surface area contributed by atoms with Gasteiger partial charge in [-0.15, -0.1) is 0 Å². The van der Waals surface area contributed by atoms with Crippen LogP contribution in [0.25, 0.3) is 0 Å². The van der Waals surface area contributed by atoms with Crippen LogP contribution in [0, 0.1) is 11.3 Å². The van der Waals surface area contributed by atoms with Crippen LogP contribution in [0.4, 0.5) is 0 Å². The van der Waals surface area contributed by atoms with Crippen molar-refractivity contribution in [1.82, 2.24) is 4.90 Å². The molecule has 2 aliphatic rings. The SMILES string of the molecule is N#CCCCCN1CCOC2CCCC21. The summed E-state index contributed by atoms with van der Waals surface area (Å²) in [7, 11) is 0. The zero-order chi connectivity index (χ0) is 10.5. The van der Waals surface area contributed by atoms with Gasteiger partial charge in [-0.1, -0.05) is 0 Å². The summed E-state index contributed by atoms with van der Waals surface area (Å²) in [5.41, 5.74) is 0. The Morgan fingerprint density at radius 3 is 3.13 bits per heavy atom. The number of hydrogen-bond acceptors (Lipinski definition) is 3. The first-order valence-corrected chi connectivity index (χ1v) is 6.14. The van der Waals surface area contributed by atoms with Gasteiger partial charge in [-0.3, -0.25) is 4.90 Å². The van der Waals surface area contributed by atoms with Gasteiger partial charge in [0.25, 0.3) is 0 Å². The molecule has 2 unspecified atom stereocenters. The number of ether oxygens (including phenoxy) is 1. The van der Waals surface area contributed by atoms with Crippen molar-refractivity contribution in [2.24, 2.45) is 0 Å². The Morgan fingerprint density at radius 1 is 1.33 bits per heavy atom. The van der Waals surface area contributed by atoms with E-state index >= 15 is 0 Å². The first-order valence-electron chi connectivity index (χ1n) is 6.14. The van der Waals surface area contributed by atoms with E-state index in [1.807, 2.05) is 0 Å². The van der Waals surface area contributed by atoms with Gasteiger partial charge in [-0.25, -0.2) is 0 Å². The molecule has 3 nitrogen and oxygen atoms in total. The molecule has 1 aliphatic heterocycles. The summed E-state index contributed by atoms with van der Waals surface area (Å²) < 4.78 is 5.77. The molecule has 3 heteroatoms. The molecule has 2 rings (SSSR count). The predicted octanol–water partition coefficient (Wildman–Crippen LogP) is 1.93. The van der Waals surface area contributed by atoms with Crippen LogP contribution in [-0.2, 0) is 4.74 Å². The van der Waals surface area contributed by atoms with Crippen LogP contribution in [0.15, 0.2) is 0 Å². The fraction of sp³-hybridized carbons (Fsp3) is 0.917. The Hall–Kier alpha value is -0.590. The Labute approximate surface area is 92.0 Å². The average molecular weight is 208 g/mol. The average Bonchev–Trinajstić information content (AvgIpc) is 2.73. The first-order chi connectivity index (χ1) is 7.42. The zero-order valence-corrected chi connectivity index (χ0v) is 9.32. The number of fused-ring (bicyclic) bond motifs is 1. The standard InChI is InChI=1S/C12H20N2O/c13-7-2-1-3-8-14-9-10-15-12-6-4-5-11(12)14/h11-12H,1-6,8-10H2. The maximum atomic E-state index is 8.47. The van der Waals surface area contributed by atoms with E-state index in [1.54, 1.807) is 0 Å². The van der Waals surface area contributed by atoms with E-state index in [1.165, 1.54) is 19.3 Å². The van der Waals surface area contributed by atoms with Crippen LogP contribution >= 0.6 is 0 Å². The second kappa shape index (κ2) is 5.48. The van der Waals surface area contributed by atoms with Crippen molar-refractivity contribution in [2.75, 3.05) is 19.7 Å². The second-order valence-corrected chi connectivity index (χ2v) is 4.56. The molecule has 0 bridgehead atoms. The number of nitrogens with zero attached hydrogens (tertiary/aromatic N) is 2. The lowest BCUT2D eigenvalue weighted by atomic mass is 10.1. The molecule has 1 heterocycles. The predicted molar refractivity (Wildman–Crippen MR) is 58.4 cm³/mol. The van der Waals surface area contributed by atoms with Gasteiger partial charge >= 0.3 is 0 Å². The lowest BCUT2D eigenvalue weighted by Gasteiger charge is -2.37. The molecule has 2 fully saturated rings. The molecule has 0 amide bonds. The fourth-order valence-electron chi connectivity index (χ4n) is 2.80. The van der Waals surface area contributed by atoms with E-state index in [2.05, 4.69) is 11.0 Å². The van der Waals surface area contributed by atoms with Gasteiger partial charge in [-0.2, -0.15) is 5.26 Å². The van der Waals surface area contributed by atoms with E-state index < -0.39 is 0 Å². The molecule has 0 N–H and O–H groups in total. The van der Waals surface area contributed by atoms with Crippen LogP contribution in [0.2, 0.25) is 0 Å². The second-order valence-electron chi connectivity index (χ2n) is 4.56. The van der Waals surface area contributed by atoms with E-state index in [-0.39, 0.29) is 0 Å². The largest absolute Gasteiger partial charge is 0.375 e. The van der Waals surface area contributed by atoms with Gasteiger partial charge in [-0.05, 0) is 38.6 Å². The molecule has 0 radical (unpaired) electrons. The Balaban J connectivity index is 1.73. The van der Waals surface area contributed by atoms with Crippen LogP contribution in [0.5, 0.6) is 0 Å². The van der Waals surface area contributed by atoms with Gasteiger partial charge in [0, 0.05) is 19.0 Å². The van der Waals surface area contributed by atoms with E-state index in [0.717, 1.165) is 32.5 Å². The van der Waals surface area contributed by atoms with Gasteiger partial charge in [0.1, 0.15) is 0 Å². The quantitative estimate of drug-likeness (QED) is 0.662. The summed E-state index contributed by atoms with van der Waals surface area (Å²) in [5, 5.41) is 8.47. The summed E-state index contributed by atoms with van der Waals surface area (Å²) in [4.78, 5) is 2.58. The van der Waals surface area contributed by atoms with Crippen LogP contribution in [0.3, 0.4) is 0 Å². The number of nitriles is 1. The van der Waals surface area contributed by atoms with E-state index in [9.17, 15) is 0 Å². The van der Waals surface area contributed by atoms with Gasteiger partial charge in [0.2, 0.25) is 0 Å². The summed E-state index contributed by atoms with van der Waals surface area (Å²) in [5.74, 6) is 0. The minimum Gasteiger partial charge on any atom is -0.375 e. The van der Waals surface area contributed by atoms with E-state index in [4.69, 9.17) is 10.00 Å². The van der Waals surface area contributed by atoms with Gasteiger partial charge in [0.05, 0.1) is 18.8 Å². The number of unbranched alkanes of at least 4 members (excludes halogenated alkanes) is 2. The molecule has 0 aromatic heterocycles. The molecule has 0 aromatic rings. The highest BCUT2D eigenvalue weighted by Gasteiger charge is 2.35. The van der Waals surface area contributed by atoms with Crippen molar-refractivity contribution in [3.63, 3.8) is 0 Å². The molecule has 1 aliphatic carbocycles. The zero-order valence-electron chi connectivity index (χ0n) is 9.32. The monoisotopic (exact) mass is 208 g/mol. The third-order valence-corrected chi connectivity index (χ3v) is 3.58. The summed E-state index contributed by atoms with van der Waals surface area (Å²) in [6.07, 6.45) is 7.31. The van der Waals surface area contributed by atoms with Crippen molar-refractivity contribution < 1.29 is 4.74 Å². The number of hydrogen-bond donors (Lipinski definition) is 0. The van der Waals surface area contributed by atoms with Crippen molar-refractivity contribution >= 4 is 0 Å². The smallest absolute Gasteiger partial charge is 0.0730 e. The lowest BCUT2D eigenvalue weighted by molar-refractivity contribution is -0.0557. The van der Waals surface area contributed by atoms with E-state index in [0.29, 0.717) is 18.6 Å². The normalized spacial score (nSPS) is 31.1. The summed E-state index contributed by atoms with van der Waals surface area (Å²) in [6.45, 7) is 3.15. The lowest BCUT2D eigenvalue weighted by Crippen LogP contribution is -2.48. The summed E-state index contributed by atoms with van der Waals surface area (Å²) >= 11 is 0. The highest BCUT2D eigenvalue weighted by Crippen LogP contribution is 2.29. The Kier molecular flexibility index (Phi) is 3.99. The van der Waals surface area contributed by atoms with Crippen molar-refractivity contribution in [1.29, 1.82) is 5.26 Å². The topological polar surface area (TPSA) is 36.3 Å². The highest BCUT2D eigenvalue weighted by molar-refractivity contribution is 4.89. The molecular formula is C12H20N2O. The van der Waals surface area contributed by atoms with Crippen LogP contribution in [0.1, 0.15) is 38.5 Å². The fourth-order valence-corrected chi connectivity index (χ4v) is 2.80. The minimum absolute atomic E-state index is 0.509. The molecular weight excluding hydrogens is 188 g/mol. The maximum absolute atomic E-state index is 8.47. The van der Waals surface area contributed by atoms with Crippen molar-refractivity contribution in [3.05, 3.63) is 0 Å².